The van der Waals surface area contributed by atoms with Gasteiger partial charge in [0.15, 0.2) is 0 Å². The molecule has 3 fully saturated rings. The lowest BCUT2D eigenvalue weighted by atomic mass is 9.85. The van der Waals surface area contributed by atoms with Crippen LogP contribution in [-0.2, 0) is 60.8 Å². The average Bonchev–Trinajstić information content (AvgIpc) is 3.96. The van der Waals surface area contributed by atoms with Gasteiger partial charge < -0.3 is 74.2 Å². The van der Waals surface area contributed by atoms with Crippen LogP contribution < -0.4 is 49.1 Å². The Morgan fingerprint density at radius 1 is 0.787 bits per heavy atom. The molecule has 2 aliphatic heterocycles. The highest BCUT2D eigenvalue weighted by Gasteiger charge is 2.44. The number of carbonyl (C=O) groups excluding carboxylic acids is 10. The zero-order chi connectivity index (χ0) is 58.8. The van der Waals surface area contributed by atoms with Crippen LogP contribution in [0.25, 0.3) is 0 Å². The monoisotopic (exact) mass is 1150 g/mol. The highest BCUT2D eigenvalue weighted by Crippen LogP contribution is 2.49. The number of aromatic hydroxyl groups is 2. The summed E-state index contributed by atoms with van der Waals surface area (Å²) in [7, 11) is 4.03. The molecule has 1 spiro atoms. The quantitative estimate of drug-likeness (QED) is 0.0847. The number of phenolic OH excluding ortho intramolecular Hbond substituents is 2. The van der Waals surface area contributed by atoms with Gasteiger partial charge in [0.05, 0.1) is 12.5 Å². The summed E-state index contributed by atoms with van der Waals surface area (Å²) in [5.74, 6) is -8.97. The maximum atomic E-state index is 15.0. The van der Waals surface area contributed by atoms with Crippen molar-refractivity contribution < 1.29 is 63.3 Å². The normalized spacial score (nSPS) is 24.2. The first kappa shape index (κ1) is 64.2. The molecule has 26 heteroatoms. The summed E-state index contributed by atoms with van der Waals surface area (Å²) in [5.41, 5.74) is 18.3. The Kier molecular flexibility index (Phi) is 24.3. The number of nitrogens with one attached hydrogen (secondary N) is 6. The van der Waals surface area contributed by atoms with Gasteiger partial charge in [-0.2, -0.15) is 0 Å². The fraction of sp³-hybridized carbons (Fsp3) is 0.593. The van der Waals surface area contributed by atoms with Gasteiger partial charge in [-0.1, -0.05) is 85.4 Å². The maximum absolute atomic E-state index is 15.0. The number of hydrogen-bond acceptors (Lipinski definition) is 16. The van der Waals surface area contributed by atoms with Crippen LogP contribution >= 0.6 is 21.6 Å². The van der Waals surface area contributed by atoms with E-state index in [4.69, 9.17) is 17.2 Å². The SMILES string of the molecule is CC[C@H](C)[C@H]1NC(=O)[C@H](Cc2ccc(O)cc2)N(C)C(=O)CC2(CCCCC2)SSC[C@@H](C(=O)N2CCC[C@H]2C(=O)N[C@@H](CCCN)C(=O)N[C@@H](Cc2ccc(O)cc2)C(N)=O)NC(=O)[C@@H](CC(N)=O)NC(=O)[C@H]([C@@H](C)O)NC1=O. The van der Waals surface area contributed by atoms with Crippen molar-refractivity contribution in [1.82, 2.24) is 41.7 Å². The summed E-state index contributed by atoms with van der Waals surface area (Å²) in [6.07, 6.45) is 2.20. The van der Waals surface area contributed by atoms with Gasteiger partial charge >= 0.3 is 0 Å². The molecule has 15 N–H and O–H groups in total. The van der Waals surface area contributed by atoms with E-state index in [0.29, 0.717) is 36.8 Å². The predicted octanol–water partition coefficient (Wildman–Crippen LogP) is -0.376. The minimum Gasteiger partial charge on any atom is -0.508 e. The Hall–Kier alpha value is -6.64. The van der Waals surface area contributed by atoms with Gasteiger partial charge in [-0.3, -0.25) is 47.9 Å². The van der Waals surface area contributed by atoms with Crippen molar-refractivity contribution in [1.29, 1.82) is 0 Å². The highest BCUT2D eigenvalue weighted by molar-refractivity contribution is 8.77. The molecule has 3 aliphatic rings. The van der Waals surface area contributed by atoms with E-state index >= 15 is 4.79 Å². The zero-order valence-corrected chi connectivity index (χ0v) is 47.4. The second kappa shape index (κ2) is 30.3. The van der Waals surface area contributed by atoms with Crippen molar-refractivity contribution in [3.05, 3.63) is 59.7 Å². The first-order valence-electron chi connectivity index (χ1n) is 27.2. The van der Waals surface area contributed by atoms with E-state index in [-0.39, 0.29) is 68.9 Å². The van der Waals surface area contributed by atoms with Crippen molar-refractivity contribution in [3.63, 3.8) is 0 Å². The molecule has 10 atom stereocenters. The lowest BCUT2D eigenvalue weighted by Crippen LogP contribution is -2.63. The summed E-state index contributed by atoms with van der Waals surface area (Å²) in [6.45, 7) is 4.86. The molecule has 10 amide bonds. The number of benzene rings is 2. The van der Waals surface area contributed by atoms with Gasteiger partial charge in [-0.05, 0) is 93.3 Å². The van der Waals surface area contributed by atoms with Crippen LogP contribution in [0.1, 0.15) is 109 Å². The third kappa shape index (κ3) is 18.2. The summed E-state index contributed by atoms with van der Waals surface area (Å²) in [6, 6.07) is 0.970. The Labute approximate surface area is 473 Å². The van der Waals surface area contributed by atoms with E-state index in [1.807, 2.05) is 0 Å². The average molecular weight is 1150 g/mol. The number of phenols is 2. The molecule has 440 valence electrons. The van der Waals surface area contributed by atoms with E-state index in [1.165, 1.54) is 69.6 Å². The number of rotatable bonds is 18. The molecule has 2 heterocycles. The van der Waals surface area contributed by atoms with E-state index in [0.717, 1.165) is 19.3 Å². The number of nitrogens with zero attached hydrogens (tertiary/aromatic N) is 2. The van der Waals surface area contributed by atoms with Gasteiger partial charge in [0.1, 0.15) is 59.8 Å². The van der Waals surface area contributed by atoms with Crippen LogP contribution in [0.3, 0.4) is 0 Å². The van der Waals surface area contributed by atoms with Crippen LogP contribution in [0.2, 0.25) is 0 Å². The lowest BCUT2D eigenvalue weighted by molar-refractivity contribution is -0.142. The van der Waals surface area contributed by atoms with Gasteiger partial charge in [-0.15, -0.1) is 0 Å². The summed E-state index contributed by atoms with van der Waals surface area (Å²) in [4.78, 5) is 143. The number of aliphatic hydroxyl groups is 1. The Morgan fingerprint density at radius 2 is 1.40 bits per heavy atom. The van der Waals surface area contributed by atoms with Gasteiger partial charge in [-0.25, -0.2) is 0 Å². The molecule has 0 aromatic heterocycles. The van der Waals surface area contributed by atoms with Crippen molar-refractivity contribution in [2.45, 2.75) is 170 Å². The number of carbonyl (C=O) groups is 10. The Balaban J connectivity index is 1.50. The number of hydrogen-bond donors (Lipinski definition) is 12. The number of amides is 10. The van der Waals surface area contributed by atoms with E-state index < -0.39 is 131 Å². The van der Waals surface area contributed by atoms with E-state index in [2.05, 4.69) is 31.9 Å². The number of likely N-dealkylation sites (tertiary alicyclic amines) is 1. The molecule has 0 unspecified atom stereocenters. The van der Waals surface area contributed by atoms with Gasteiger partial charge in [0, 0.05) is 43.4 Å². The number of nitrogens with two attached hydrogens (primary N) is 3. The third-order valence-corrected chi connectivity index (χ3v) is 18.3. The molecule has 24 nitrogen and oxygen atoms in total. The molecule has 2 aromatic rings. The number of aliphatic hydroxyl groups excluding tert-OH is 1. The smallest absolute Gasteiger partial charge is 0.246 e. The summed E-state index contributed by atoms with van der Waals surface area (Å²) in [5, 5.41) is 46.4. The summed E-state index contributed by atoms with van der Waals surface area (Å²) < 4.78 is -0.739. The van der Waals surface area contributed by atoms with Gasteiger partial charge in [0.25, 0.3) is 0 Å². The second-order valence-electron chi connectivity index (χ2n) is 21.1. The maximum Gasteiger partial charge on any atom is 0.246 e. The molecule has 1 saturated carbocycles. The van der Waals surface area contributed by atoms with Crippen molar-refractivity contribution in [2.24, 2.45) is 23.1 Å². The molecular weight excluding hydrogens is 1070 g/mol. The minimum absolute atomic E-state index is 0.00741. The minimum atomic E-state index is -1.77. The Bertz CT molecular complexity index is 2520. The molecule has 0 bridgehead atoms. The van der Waals surface area contributed by atoms with Crippen LogP contribution in [0.15, 0.2) is 48.5 Å². The van der Waals surface area contributed by atoms with Crippen molar-refractivity contribution in [3.8, 4) is 11.5 Å². The molecule has 1 aliphatic carbocycles. The first-order valence-corrected chi connectivity index (χ1v) is 29.5. The van der Waals surface area contributed by atoms with Crippen LogP contribution in [0, 0.1) is 5.92 Å². The predicted molar refractivity (Wildman–Crippen MR) is 299 cm³/mol. The fourth-order valence-corrected chi connectivity index (χ4v) is 13.3. The number of primary amides is 2. The topological polar surface area (TPSA) is 388 Å². The van der Waals surface area contributed by atoms with Crippen LogP contribution in [0.4, 0.5) is 0 Å². The largest absolute Gasteiger partial charge is 0.508 e. The van der Waals surface area contributed by atoms with Crippen molar-refractivity contribution >= 4 is 80.7 Å². The molecule has 2 saturated heterocycles. The number of likely N-dealkylation sites (N-methyl/N-ethyl adjacent to an activating group) is 1. The van der Waals surface area contributed by atoms with Crippen LogP contribution in [-0.4, -0.2) is 169 Å². The van der Waals surface area contributed by atoms with E-state index in [9.17, 15) is 58.5 Å². The molecule has 2 aromatic carbocycles. The summed E-state index contributed by atoms with van der Waals surface area (Å²) >= 11 is 0. The fourth-order valence-electron chi connectivity index (χ4n) is 9.99. The molecule has 80 heavy (non-hydrogen) atoms. The second-order valence-corrected chi connectivity index (χ2v) is 23.9. The highest BCUT2D eigenvalue weighted by atomic mass is 33.1. The standard InChI is InChI=1S/C54H79N11O13S2/c1-5-30(2)44-51(76)63-45(31(3)66)52(77)60-38(27-42(56)69)48(73)61-39(29-79-80-54(21-7-6-8-22-54)28-43(70)64(4)41(50(75)62-44)26-33-15-19-35(68)20-16-33)53(78)65-24-10-12-40(65)49(74)58-36(11-9-23-55)47(72)59-37(46(57)71)25-32-13-17-34(67)18-14-32/h13-20,30-31,36-41,44-45,66-68H,5-12,21-29,55H2,1-4H3,(H2,56,69)(H2,57,71)(H,58,74)(H,59,72)(H,60,77)(H,61,73)(H,62,75)(H,63,76)/t30-,31+,36-,37-,38+,39-,40-,41-,44+,45-/m0/s1. The zero-order valence-electron chi connectivity index (χ0n) is 45.8. The first-order chi connectivity index (χ1) is 38.0. The molecular formula is C54H79N11O13S2. The van der Waals surface area contributed by atoms with Crippen molar-refractivity contribution in [2.75, 3.05) is 25.9 Å². The molecule has 0 radical (unpaired) electrons. The van der Waals surface area contributed by atoms with Gasteiger partial charge in [0.2, 0.25) is 59.1 Å². The Morgan fingerprint density at radius 3 is 1.99 bits per heavy atom. The lowest BCUT2D eigenvalue weighted by Gasteiger charge is -2.38. The van der Waals surface area contributed by atoms with E-state index in [1.54, 1.807) is 38.1 Å². The molecule has 5 rings (SSSR count). The van der Waals surface area contributed by atoms with Crippen LogP contribution in [0.5, 0.6) is 11.5 Å². The third-order valence-electron chi connectivity index (χ3n) is 15.0.